The summed E-state index contributed by atoms with van der Waals surface area (Å²) in [7, 11) is -1.03. The molecule has 40 heavy (non-hydrogen) atoms. The zero-order valence-electron chi connectivity index (χ0n) is 21.6. The molecule has 4 N–H and O–H groups in total. The van der Waals surface area contributed by atoms with Gasteiger partial charge in [0.05, 0.1) is 17.4 Å². The number of amides is 1. The lowest BCUT2D eigenvalue weighted by molar-refractivity contribution is -0.137. The molecule has 1 unspecified atom stereocenters. The van der Waals surface area contributed by atoms with Gasteiger partial charge < -0.3 is 25.5 Å². The molecule has 2 heterocycles. The van der Waals surface area contributed by atoms with Gasteiger partial charge in [0.2, 0.25) is 5.95 Å². The molecular formula is C27H29F3N5O4P. The van der Waals surface area contributed by atoms with E-state index in [4.69, 9.17) is 4.89 Å². The van der Waals surface area contributed by atoms with Crippen molar-refractivity contribution in [1.29, 1.82) is 0 Å². The highest BCUT2D eigenvalue weighted by atomic mass is 31.1. The van der Waals surface area contributed by atoms with E-state index in [2.05, 4.69) is 20.6 Å². The maximum absolute atomic E-state index is 13.9. The van der Waals surface area contributed by atoms with Gasteiger partial charge >= 0.3 is 6.18 Å². The van der Waals surface area contributed by atoms with Crippen LogP contribution >= 0.6 is 8.03 Å². The Labute approximate surface area is 229 Å². The number of alkyl halides is 3. The molecule has 1 aromatic heterocycles. The van der Waals surface area contributed by atoms with Gasteiger partial charge in [-0.05, 0) is 66.5 Å². The van der Waals surface area contributed by atoms with Crippen LogP contribution in [-0.2, 0) is 23.4 Å². The summed E-state index contributed by atoms with van der Waals surface area (Å²) in [5.41, 5.74) is 2.36. The molecule has 1 aliphatic heterocycles. The number of carbonyl (C=O) groups is 1. The normalized spacial score (nSPS) is 19.9. The average molecular weight is 576 g/mol. The fraction of sp³-hybridized carbons (Fsp3) is 0.370. The summed E-state index contributed by atoms with van der Waals surface area (Å²) in [5.74, 6) is -0.729. The molecule has 13 heteroatoms. The summed E-state index contributed by atoms with van der Waals surface area (Å²) in [6.45, 7) is 0.349. The van der Waals surface area contributed by atoms with Gasteiger partial charge in [-0.2, -0.15) is 18.2 Å². The van der Waals surface area contributed by atoms with Crippen molar-refractivity contribution >= 4 is 37.1 Å². The SMILES string of the molecule is CN1Cc2c(c(Nc3nc(Nc4ccc(C[PH](=O)O)cc4)ncc3C(F)(F)F)ccc2[C@H]2CC[C@H](O)CC2)C1=O. The third-order valence-electron chi connectivity index (χ3n) is 7.35. The van der Waals surface area contributed by atoms with Gasteiger partial charge in [0.25, 0.3) is 5.91 Å². The minimum absolute atomic E-state index is 0.0233. The first-order valence-corrected chi connectivity index (χ1v) is 14.4. The number of halogens is 3. The first-order valence-electron chi connectivity index (χ1n) is 12.9. The first kappa shape index (κ1) is 28.1. The van der Waals surface area contributed by atoms with Crippen molar-refractivity contribution in [1.82, 2.24) is 14.9 Å². The minimum atomic E-state index is -4.75. The molecule has 2 aliphatic rings. The van der Waals surface area contributed by atoms with Crippen molar-refractivity contribution in [2.45, 2.75) is 56.6 Å². The Bertz CT molecular complexity index is 1440. The van der Waals surface area contributed by atoms with E-state index in [1.54, 1.807) is 37.4 Å². The van der Waals surface area contributed by atoms with Crippen molar-refractivity contribution in [3.63, 3.8) is 0 Å². The summed E-state index contributed by atoms with van der Waals surface area (Å²) in [5, 5.41) is 15.5. The van der Waals surface area contributed by atoms with Gasteiger partial charge in [-0.15, -0.1) is 0 Å². The van der Waals surface area contributed by atoms with Gasteiger partial charge in [0.15, 0.2) is 8.03 Å². The quantitative estimate of drug-likeness (QED) is 0.270. The number of fused-ring (bicyclic) bond motifs is 1. The van der Waals surface area contributed by atoms with E-state index in [-0.39, 0.29) is 35.7 Å². The lowest BCUT2D eigenvalue weighted by Gasteiger charge is -2.27. The topological polar surface area (TPSA) is 128 Å². The summed E-state index contributed by atoms with van der Waals surface area (Å²) >= 11 is 0. The van der Waals surface area contributed by atoms with E-state index in [0.29, 0.717) is 42.4 Å². The number of aromatic nitrogens is 2. The molecule has 3 aromatic rings. The number of anilines is 4. The van der Waals surface area contributed by atoms with Crippen molar-refractivity contribution in [2.24, 2.45) is 0 Å². The number of hydrogen-bond acceptors (Lipinski definition) is 7. The smallest absolute Gasteiger partial charge is 0.393 e. The number of aliphatic hydroxyl groups is 1. The highest BCUT2D eigenvalue weighted by molar-refractivity contribution is 7.37. The Morgan fingerprint density at radius 2 is 1.77 bits per heavy atom. The van der Waals surface area contributed by atoms with Crippen LogP contribution in [0.2, 0.25) is 0 Å². The van der Waals surface area contributed by atoms with Gasteiger partial charge in [-0.25, -0.2) is 4.98 Å². The van der Waals surface area contributed by atoms with Crippen LogP contribution in [0, 0.1) is 0 Å². The average Bonchev–Trinajstić information content (AvgIpc) is 3.19. The molecule has 0 bridgehead atoms. The fourth-order valence-electron chi connectivity index (χ4n) is 5.33. The number of benzene rings is 2. The lowest BCUT2D eigenvalue weighted by atomic mass is 9.80. The second kappa shape index (κ2) is 11.2. The van der Waals surface area contributed by atoms with Crippen LogP contribution in [0.3, 0.4) is 0 Å². The Hall–Kier alpha value is -3.47. The van der Waals surface area contributed by atoms with Gasteiger partial charge in [0.1, 0.15) is 11.4 Å². The molecule has 9 nitrogen and oxygen atoms in total. The van der Waals surface area contributed by atoms with Crippen LogP contribution in [0.25, 0.3) is 0 Å². The maximum Gasteiger partial charge on any atom is 0.421 e. The third-order valence-corrected chi connectivity index (χ3v) is 8.06. The van der Waals surface area contributed by atoms with E-state index in [1.165, 1.54) is 4.90 Å². The predicted octanol–water partition coefficient (Wildman–Crippen LogP) is 5.55. The summed E-state index contributed by atoms with van der Waals surface area (Å²) < 4.78 is 52.9. The number of nitrogens with one attached hydrogen (secondary N) is 2. The van der Waals surface area contributed by atoms with Crippen molar-refractivity contribution in [3.05, 3.63) is 70.4 Å². The molecular weight excluding hydrogens is 546 g/mol. The van der Waals surface area contributed by atoms with Crippen LogP contribution in [0.15, 0.2) is 42.6 Å². The molecule has 0 radical (unpaired) electrons. The zero-order valence-corrected chi connectivity index (χ0v) is 22.6. The molecule has 1 fully saturated rings. The summed E-state index contributed by atoms with van der Waals surface area (Å²) in [4.78, 5) is 31.7. The lowest BCUT2D eigenvalue weighted by Crippen LogP contribution is -2.18. The number of carbonyl (C=O) groups excluding carboxylic acids is 1. The van der Waals surface area contributed by atoms with Gasteiger partial charge in [-0.1, -0.05) is 18.2 Å². The maximum atomic E-state index is 13.9. The number of nitrogens with zero attached hydrogens (tertiary/aromatic N) is 3. The molecule has 1 aliphatic carbocycles. The highest BCUT2D eigenvalue weighted by Crippen LogP contribution is 2.42. The minimum Gasteiger partial charge on any atom is -0.393 e. The summed E-state index contributed by atoms with van der Waals surface area (Å²) in [6.07, 6.45) is -1.50. The van der Waals surface area contributed by atoms with Crippen LogP contribution in [-0.4, -0.2) is 43.9 Å². The Kier molecular flexibility index (Phi) is 7.85. The van der Waals surface area contributed by atoms with E-state index >= 15 is 0 Å². The molecule has 1 atom stereocenters. The third kappa shape index (κ3) is 5.99. The van der Waals surface area contributed by atoms with Crippen molar-refractivity contribution < 1.29 is 32.5 Å². The molecule has 2 aromatic carbocycles. The molecule has 0 saturated heterocycles. The monoisotopic (exact) mass is 575 g/mol. The van der Waals surface area contributed by atoms with Crippen LogP contribution in [0.1, 0.15) is 64.2 Å². The standard InChI is InChI=1S/C27H29F3N5O4P/c1-35-13-20-19(16-4-8-18(36)9-5-16)10-11-22(23(20)25(35)37)33-24-21(27(28,29)30)12-31-26(34-24)32-17-6-2-15(3-7-17)14-40(38)39/h2-3,6-7,10-12,16,18,36,40H,4-5,8-9,13-14H2,1H3,(H,38,39)(H2,31,32,33,34)/t16-,18-. The fourth-order valence-corrected chi connectivity index (χ4v) is 5.92. The number of hydrogen-bond donors (Lipinski definition) is 4. The van der Waals surface area contributed by atoms with Crippen LogP contribution in [0.5, 0.6) is 0 Å². The molecule has 212 valence electrons. The van der Waals surface area contributed by atoms with Gasteiger partial charge in [0, 0.05) is 31.6 Å². The van der Waals surface area contributed by atoms with Crippen molar-refractivity contribution in [3.8, 4) is 0 Å². The molecule has 1 saturated carbocycles. The second-order valence-corrected chi connectivity index (χ2v) is 11.3. The van der Waals surface area contributed by atoms with Crippen LogP contribution in [0.4, 0.5) is 36.3 Å². The number of rotatable bonds is 7. The van der Waals surface area contributed by atoms with E-state index in [1.807, 2.05) is 6.07 Å². The molecule has 5 rings (SSSR count). The van der Waals surface area contributed by atoms with E-state index < -0.39 is 25.6 Å². The Morgan fingerprint density at radius 3 is 2.42 bits per heavy atom. The van der Waals surface area contributed by atoms with E-state index in [0.717, 1.165) is 24.0 Å². The number of aliphatic hydroxyl groups excluding tert-OH is 1. The summed E-state index contributed by atoms with van der Waals surface area (Å²) in [6, 6.07) is 9.95. The van der Waals surface area contributed by atoms with Crippen LogP contribution < -0.4 is 10.6 Å². The first-order chi connectivity index (χ1) is 19.0. The van der Waals surface area contributed by atoms with E-state index in [9.17, 15) is 27.6 Å². The van der Waals surface area contributed by atoms with Gasteiger partial charge in [-0.3, -0.25) is 9.36 Å². The zero-order chi connectivity index (χ0) is 28.6. The highest BCUT2D eigenvalue weighted by Gasteiger charge is 2.37. The second-order valence-electron chi connectivity index (χ2n) is 10.2. The Morgan fingerprint density at radius 1 is 1.07 bits per heavy atom. The molecule has 0 spiro atoms. The molecule has 1 amide bonds. The predicted molar refractivity (Wildman–Crippen MR) is 144 cm³/mol. The Balaban J connectivity index is 1.47. The largest absolute Gasteiger partial charge is 0.421 e. The van der Waals surface area contributed by atoms with Crippen molar-refractivity contribution in [2.75, 3.05) is 17.7 Å².